The predicted molar refractivity (Wildman–Crippen MR) is 157 cm³/mol. The Morgan fingerprint density at radius 3 is 2.22 bits per heavy atom. The predicted octanol–water partition coefficient (Wildman–Crippen LogP) is 8.16. The van der Waals surface area contributed by atoms with Gasteiger partial charge >= 0.3 is 5.97 Å². The summed E-state index contributed by atoms with van der Waals surface area (Å²) in [6, 6.07) is 4.49. The second-order valence-corrected chi connectivity index (χ2v) is 24.7. The first kappa shape index (κ1) is 28.6. The van der Waals surface area contributed by atoms with Gasteiger partial charge in [0.2, 0.25) is 8.32 Å². The second kappa shape index (κ2) is 9.09. The van der Waals surface area contributed by atoms with E-state index in [0.717, 1.165) is 18.6 Å². The minimum atomic E-state index is -1.93. The number of cyclic esters (lactones) is 1. The number of ether oxygens (including phenoxy) is 1. The number of hydrogen-bond donors (Lipinski definition) is 0. The summed E-state index contributed by atoms with van der Waals surface area (Å²) in [5, 5.41) is 0.283. The van der Waals surface area contributed by atoms with Crippen LogP contribution in [0.3, 0.4) is 0 Å². The van der Waals surface area contributed by atoms with Gasteiger partial charge < -0.3 is 13.6 Å². The van der Waals surface area contributed by atoms with Crippen LogP contribution in [0.5, 0.6) is 5.75 Å². The maximum absolute atomic E-state index is 13.3. The van der Waals surface area contributed by atoms with Crippen molar-refractivity contribution in [2.75, 3.05) is 6.61 Å². The van der Waals surface area contributed by atoms with Gasteiger partial charge in [0.15, 0.2) is 8.32 Å². The fraction of sp³-hybridized carbons (Fsp3) is 0.710. The number of carbonyl (C=O) groups is 1. The molecule has 1 saturated heterocycles. The average molecular weight is 543 g/mol. The van der Waals surface area contributed by atoms with E-state index in [-0.39, 0.29) is 33.5 Å². The zero-order valence-corrected chi connectivity index (χ0v) is 27.4. The van der Waals surface area contributed by atoms with Crippen LogP contribution in [0.15, 0.2) is 24.3 Å². The number of allylic oxidation sites excluding steroid dienone is 1. The Hall–Kier alpha value is -1.38. The van der Waals surface area contributed by atoms with E-state index in [9.17, 15) is 4.79 Å². The molecule has 1 aromatic rings. The number of benzene rings is 1. The molecular weight excluding hydrogens is 493 g/mol. The summed E-state index contributed by atoms with van der Waals surface area (Å²) in [5.41, 5.74) is 3.96. The minimum absolute atomic E-state index is 0.0816. The van der Waals surface area contributed by atoms with Crippen LogP contribution in [-0.4, -0.2) is 35.3 Å². The lowest BCUT2D eigenvalue weighted by molar-refractivity contribution is -0.176. The molecule has 0 spiro atoms. The van der Waals surface area contributed by atoms with E-state index in [1.54, 1.807) is 0 Å². The number of rotatable bonds is 5. The highest BCUT2D eigenvalue weighted by molar-refractivity contribution is 6.75. The van der Waals surface area contributed by atoms with Crippen LogP contribution in [0.25, 0.3) is 0 Å². The largest absolute Gasteiger partial charge is 0.543 e. The van der Waals surface area contributed by atoms with Gasteiger partial charge in [0, 0.05) is 5.92 Å². The van der Waals surface area contributed by atoms with Crippen LogP contribution in [-0.2, 0) is 20.4 Å². The number of hydrogen-bond acceptors (Lipinski definition) is 4. The molecule has 0 aromatic heterocycles. The van der Waals surface area contributed by atoms with Crippen molar-refractivity contribution in [3.05, 3.63) is 41.0 Å². The molecule has 0 unspecified atom stereocenters. The van der Waals surface area contributed by atoms with E-state index in [2.05, 4.69) is 106 Å². The zero-order valence-electron chi connectivity index (χ0n) is 25.4. The maximum atomic E-state index is 13.3. The summed E-state index contributed by atoms with van der Waals surface area (Å²) in [7, 11) is -3.85. The fourth-order valence-electron chi connectivity index (χ4n) is 6.01. The lowest BCUT2D eigenvalue weighted by Gasteiger charge is -2.50. The third-order valence-electron chi connectivity index (χ3n) is 10.7. The van der Waals surface area contributed by atoms with Crippen molar-refractivity contribution in [2.45, 2.75) is 117 Å². The van der Waals surface area contributed by atoms with Gasteiger partial charge in [-0.15, -0.1) is 0 Å². The molecular formula is C31H50O4Si2. The van der Waals surface area contributed by atoms with Crippen molar-refractivity contribution in [2.24, 2.45) is 17.3 Å². The molecule has 1 heterocycles. The van der Waals surface area contributed by atoms with Gasteiger partial charge in [0.05, 0.1) is 12.5 Å². The van der Waals surface area contributed by atoms with Gasteiger partial charge in [-0.3, -0.25) is 4.79 Å². The Bertz CT molecular complexity index is 1090. The second-order valence-electron chi connectivity index (χ2n) is 15.2. The standard InChI is InChI=1S/C31H50O4Si2/c1-20-24-17-26-23(22(24)14-16-27(20)35-37(11,12)30(5,6)7)13-15-25-28(32)34-21(18-31(25,26)8)19-33-36(9,10)29(2,3)4/h13-16,21,23,25-26H,17-19H2,1-12H3/t21-,23-,25-,26-,31+/m0/s1. The van der Waals surface area contributed by atoms with Crippen LogP contribution in [0.4, 0.5) is 0 Å². The first-order valence-electron chi connectivity index (χ1n) is 14.1. The van der Waals surface area contributed by atoms with Crippen LogP contribution in [0, 0.1) is 24.2 Å². The zero-order chi connectivity index (χ0) is 27.8. The van der Waals surface area contributed by atoms with Crippen LogP contribution in [0.2, 0.25) is 36.3 Å². The van der Waals surface area contributed by atoms with Gasteiger partial charge in [0.1, 0.15) is 11.9 Å². The average Bonchev–Trinajstić information content (AvgIpc) is 3.13. The van der Waals surface area contributed by atoms with Crippen LogP contribution in [0.1, 0.15) is 77.5 Å². The summed E-state index contributed by atoms with van der Waals surface area (Å²) >= 11 is 0. The first-order chi connectivity index (χ1) is 16.8. The maximum Gasteiger partial charge on any atom is 0.313 e. The summed E-state index contributed by atoms with van der Waals surface area (Å²) < 4.78 is 19.3. The first-order valence-corrected chi connectivity index (χ1v) is 19.9. The quantitative estimate of drug-likeness (QED) is 0.214. The molecule has 1 fully saturated rings. The molecule has 0 amide bonds. The van der Waals surface area contributed by atoms with Crippen LogP contribution < -0.4 is 4.43 Å². The molecule has 0 radical (unpaired) electrons. The van der Waals surface area contributed by atoms with Crippen molar-refractivity contribution in [3.8, 4) is 5.75 Å². The van der Waals surface area contributed by atoms with E-state index >= 15 is 0 Å². The van der Waals surface area contributed by atoms with Gasteiger partial charge in [0.25, 0.3) is 0 Å². The molecule has 37 heavy (non-hydrogen) atoms. The molecule has 0 bridgehead atoms. The molecule has 5 atom stereocenters. The van der Waals surface area contributed by atoms with E-state index in [4.69, 9.17) is 13.6 Å². The molecule has 4 rings (SSSR count). The Kier molecular flexibility index (Phi) is 7.03. The van der Waals surface area contributed by atoms with Gasteiger partial charge in [-0.2, -0.15) is 0 Å². The lowest BCUT2D eigenvalue weighted by Crippen LogP contribution is -2.52. The highest BCUT2D eigenvalue weighted by Gasteiger charge is 2.56. The van der Waals surface area contributed by atoms with E-state index in [1.807, 2.05) is 0 Å². The van der Waals surface area contributed by atoms with Gasteiger partial charge in [-0.1, -0.05) is 66.7 Å². The van der Waals surface area contributed by atoms with Crippen molar-refractivity contribution in [1.82, 2.24) is 0 Å². The molecule has 6 heteroatoms. The summed E-state index contributed by atoms with van der Waals surface area (Å²) in [5.74, 6) is 1.49. The number of carbonyl (C=O) groups excluding carboxylic acids is 1. The molecule has 2 aliphatic carbocycles. The van der Waals surface area contributed by atoms with Crippen molar-refractivity contribution < 1.29 is 18.4 Å². The Morgan fingerprint density at radius 1 is 1.00 bits per heavy atom. The Labute approximate surface area is 227 Å². The SMILES string of the molecule is Cc1c(O[Si](C)(C)C(C)(C)C)ccc2c1C[C@H]1[C@H]2C=C[C@H]2C(=O)O[C@H](CO[Si](C)(C)C(C)(C)C)C[C@]21C. The molecule has 0 N–H and O–H groups in total. The fourth-order valence-corrected chi connectivity index (χ4v) is 8.12. The Morgan fingerprint density at radius 2 is 1.62 bits per heavy atom. The van der Waals surface area contributed by atoms with E-state index in [0.29, 0.717) is 18.4 Å². The monoisotopic (exact) mass is 542 g/mol. The molecule has 0 saturated carbocycles. The highest BCUT2D eigenvalue weighted by Crippen LogP contribution is 2.59. The summed E-state index contributed by atoms with van der Waals surface area (Å²) in [6.07, 6.45) is 6.08. The summed E-state index contributed by atoms with van der Waals surface area (Å²) in [6.45, 7) is 27.8. The third-order valence-corrected chi connectivity index (χ3v) is 19.5. The molecule has 1 aromatic carbocycles. The molecule has 1 aliphatic heterocycles. The van der Waals surface area contributed by atoms with Crippen LogP contribution >= 0.6 is 0 Å². The van der Waals surface area contributed by atoms with E-state index in [1.165, 1.54) is 16.7 Å². The normalized spacial score (nSPS) is 29.9. The lowest BCUT2D eigenvalue weighted by atomic mass is 9.57. The number of fused-ring (bicyclic) bond motifs is 5. The van der Waals surface area contributed by atoms with Gasteiger partial charge in [-0.25, -0.2) is 0 Å². The van der Waals surface area contributed by atoms with Crippen molar-refractivity contribution in [3.63, 3.8) is 0 Å². The van der Waals surface area contributed by atoms with Gasteiger partial charge in [-0.05, 0) is 90.1 Å². The molecule has 3 aliphatic rings. The third kappa shape index (κ3) is 4.91. The summed E-state index contributed by atoms with van der Waals surface area (Å²) in [4.78, 5) is 13.3. The molecule has 4 nitrogen and oxygen atoms in total. The topological polar surface area (TPSA) is 44.8 Å². The minimum Gasteiger partial charge on any atom is -0.543 e. The highest BCUT2D eigenvalue weighted by atomic mass is 28.4. The van der Waals surface area contributed by atoms with Crippen molar-refractivity contribution in [1.29, 1.82) is 0 Å². The number of esters is 1. The van der Waals surface area contributed by atoms with E-state index < -0.39 is 16.6 Å². The smallest absolute Gasteiger partial charge is 0.313 e. The molecule has 206 valence electrons. The van der Waals surface area contributed by atoms with Crippen molar-refractivity contribution >= 4 is 22.6 Å². The Balaban J connectivity index is 1.59.